The molecule has 0 aliphatic carbocycles. The number of esters is 1. The van der Waals surface area contributed by atoms with Gasteiger partial charge in [0.2, 0.25) is 11.8 Å². The Kier molecular flexibility index (Phi) is 5.55. The lowest BCUT2D eigenvalue weighted by Gasteiger charge is -2.28. The van der Waals surface area contributed by atoms with Gasteiger partial charge in [-0.1, -0.05) is 0 Å². The van der Waals surface area contributed by atoms with Crippen LogP contribution in [-0.4, -0.2) is 61.0 Å². The summed E-state index contributed by atoms with van der Waals surface area (Å²) in [4.78, 5) is 51.5. The van der Waals surface area contributed by atoms with Crippen LogP contribution in [0.2, 0.25) is 0 Å². The van der Waals surface area contributed by atoms with E-state index in [1.165, 1.54) is 43.2 Å². The summed E-state index contributed by atoms with van der Waals surface area (Å²) in [6.07, 6.45) is 1.58. The summed E-state index contributed by atoms with van der Waals surface area (Å²) >= 11 is 0. The van der Waals surface area contributed by atoms with Crippen molar-refractivity contribution in [2.75, 3.05) is 25.2 Å². The first-order valence-electron chi connectivity index (χ1n) is 8.86. The van der Waals surface area contributed by atoms with Crippen molar-refractivity contribution in [2.45, 2.75) is 38.3 Å². The molecule has 1 aromatic rings. The van der Waals surface area contributed by atoms with Crippen LogP contribution in [0.1, 0.15) is 36.5 Å². The largest absolute Gasteiger partial charge is 0.465 e. The smallest absolute Gasteiger partial charge is 0.337 e. The van der Waals surface area contributed by atoms with Crippen LogP contribution in [0.3, 0.4) is 0 Å². The monoisotopic (exact) mass is 374 g/mol. The molecule has 0 saturated carbocycles. The molecule has 3 amide bonds. The molecule has 2 heterocycles. The van der Waals surface area contributed by atoms with Crippen molar-refractivity contribution in [3.05, 3.63) is 29.8 Å². The van der Waals surface area contributed by atoms with Gasteiger partial charge in [-0.3, -0.25) is 14.4 Å². The zero-order valence-corrected chi connectivity index (χ0v) is 15.3. The van der Waals surface area contributed by atoms with E-state index in [4.69, 9.17) is 4.74 Å². The number of carbonyl (C=O) groups is 4. The van der Waals surface area contributed by atoms with Crippen molar-refractivity contribution in [3.8, 4) is 0 Å². The fourth-order valence-electron chi connectivity index (χ4n) is 3.48. The zero-order valence-electron chi connectivity index (χ0n) is 15.3. The molecule has 8 nitrogen and oxygen atoms in total. The van der Waals surface area contributed by atoms with Crippen LogP contribution in [0.15, 0.2) is 24.3 Å². The second-order valence-electron chi connectivity index (χ2n) is 6.63. The maximum Gasteiger partial charge on any atom is 0.337 e. The number of hydrogen-bond donors (Lipinski definition) is 0. The van der Waals surface area contributed by atoms with E-state index in [0.717, 1.165) is 17.7 Å². The summed E-state index contributed by atoms with van der Waals surface area (Å²) in [6, 6.07) is 5.18. The summed E-state index contributed by atoms with van der Waals surface area (Å²) in [5.41, 5.74) is 0.682. The number of benzene rings is 1. The number of carbonyl (C=O) groups excluding carboxylic acids is 4. The molecule has 3 rings (SSSR count). The SMILES string of the molecule is COC(=O)c1ccc(N2C(=O)CC(N(CC3CCCO3)C(C)=O)C2=O)cc1. The maximum absolute atomic E-state index is 12.9. The fraction of sp³-hybridized carbons (Fsp3) is 0.474. The summed E-state index contributed by atoms with van der Waals surface area (Å²) < 4.78 is 10.2. The Balaban J connectivity index is 1.78. The van der Waals surface area contributed by atoms with Crippen molar-refractivity contribution >= 4 is 29.4 Å². The lowest BCUT2D eigenvalue weighted by atomic mass is 10.1. The molecule has 2 atom stereocenters. The van der Waals surface area contributed by atoms with Crippen molar-refractivity contribution in [1.82, 2.24) is 4.90 Å². The fourth-order valence-corrected chi connectivity index (χ4v) is 3.48. The predicted molar refractivity (Wildman–Crippen MR) is 95.0 cm³/mol. The number of rotatable bonds is 5. The Morgan fingerprint density at radius 1 is 1.26 bits per heavy atom. The quantitative estimate of drug-likeness (QED) is 0.567. The highest BCUT2D eigenvalue weighted by Gasteiger charge is 2.44. The number of hydrogen-bond acceptors (Lipinski definition) is 6. The third-order valence-electron chi connectivity index (χ3n) is 4.87. The van der Waals surface area contributed by atoms with Crippen LogP contribution in [0.4, 0.5) is 5.69 Å². The lowest BCUT2D eigenvalue weighted by Crippen LogP contribution is -2.47. The van der Waals surface area contributed by atoms with Crippen LogP contribution in [0.5, 0.6) is 0 Å². The molecule has 0 bridgehead atoms. The first-order chi connectivity index (χ1) is 12.9. The Labute approximate surface area is 157 Å². The Hall–Kier alpha value is -2.74. The molecule has 2 unspecified atom stereocenters. The van der Waals surface area contributed by atoms with Crippen molar-refractivity contribution in [3.63, 3.8) is 0 Å². The minimum absolute atomic E-state index is 0.0656. The van der Waals surface area contributed by atoms with Crippen LogP contribution in [0, 0.1) is 0 Å². The van der Waals surface area contributed by atoms with Crippen LogP contribution in [0.25, 0.3) is 0 Å². The van der Waals surface area contributed by atoms with E-state index < -0.39 is 17.9 Å². The van der Waals surface area contributed by atoms with Crippen molar-refractivity contribution in [1.29, 1.82) is 0 Å². The number of methoxy groups -OCH3 is 1. The molecule has 1 aromatic carbocycles. The highest BCUT2D eigenvalue weighted by atomic mass is 16.5. The topological polar surface area (TPSA) is 93.2 Å². The minimum atomic E-state index is -0.834. The Bertz CT molecular complexity index is 754. The van der Waals surface area contributed by atoms with Gasteiger partial charge in [0, 0.05) is 20.1 Å². The summed E-state index contributed by atoms with van der Waals surface area (Å²) in [6.45, 7) is 2.33. The normalized spacial score (nSPS) is 22.2. The maximum atomic E-state index is 12.9. The Morgan fingerprint density at radius 2 is 1.96 bits per heavy atom. The molecule has 144 valence electrons. The van der Waals surface area contributed by atoms with Gasteiger partial charge in [-0.15, -0.1) is 0 Å². The van der Waals surface area contributed by atoms with E-state index in [9.17, 15) is 19.2 Å². The van der Waals surface area contributed by atoms with Gasteiger partial charge in [-0.25, -0.2) is 9.69 Å². The predicted octanol–water partition coefficient (Wildman–Crippen LogP) is 1.13. The molecule has 0 radical (unpaired) electrons. The minimum Gasteiger partial charge on any atom is -0.465 e. The molecule has 8 heteroatoms. The average molecular weight is 374 g/mol. The standard InChI is InChI=1S/C19H22N2O6/c1-12(22)20(11-15-4-3-9-27-15)16-10-17(23)21(18(16)24)14-7-5-13(6-8-14)19(25)26-2/h5-8,15-16H,3-4,9-11H2,1-2H3. The van der Waals surface area contributed by atoms with E-state index >= 15 is 0 Å². The average Bonchev–Trinajstić information content (AvgIpc) is 3.27. The van der Waals surface area contributed by atoms with Gasteiger partial charge in [-0.05, 0) is 37.1 Å². The number of nitrogens with zero attached hydrogens (tertiary/aromatic N) is 2. The molecule has 0 N–H and O–H groups in total. The lowest BCUT2D eigenvalue weighted by molar-refractivity contribution is -0.138. The highest BCUT2D eigenvalue weighted by molar-refractivity contribution is 6.23. The number of amides is 3. The van der Waals surface area contributed by atoms with Crippen molar-refractivity contribution < 1.29 is 28.7 Å². The molecular formula is C19H22N2O6. The van der Waals surface area contributed by atoms with E-state index in [0.29, 0.717) is 24.4 Å². The summed E-state index contributed by atoms with van der Waals surface area (Å²) in [5, 5.41) is 0. The van der Waals surface area contributed by atoms with Gasteiger partial charge in [0.05, 0.1) is 30.9 Å². The first-order valence-corrected chi connectivity index (χ1v) is 8.86. The van der Waals surface area contributed by atoms with Gasteiger partial charge in [-0.2, -0.15) is 0 Å². The molecule has 27 heavy (non-hydrogen) atoms. The zero-order chi connectivity index (χ0) is 19.6. The summed E-state index contributed by atoms with van der Waals surface area (Å²) in [7, 11) is 1.28. The molecule has 0 spiro atoms. The molecular weight excluding hydrogens is 352 g/mol. The highest BCUT2D eigenvalue weighted by Crippen LogP contribution is 2.27. The number of imide groups is 1. The molecule has 2 fully saturated rings. The van der Waals surface area contributed by atoms with Gasteiger partial charge in [0.25, 0.3) is 5.91 Å². The second-order valence-corrected chi connectivity index (χ2v) is 6.63. The van der Waals surface area contributed by atoms with Gasteiger partial charge in [0.15, 0.2) is 0 Å². The Morgan fingerprint density at radius 3 is 2.52 bits per heavy atom. The van der Waals surface area contributed by atoms with Gasteiger partial charge in [0.1, 0.15) is 6.04 Å². The van der Waals surface area contributed by atoms with Crippen molar-refractivity contribution in [2.24, 2.45) is 0 Å². The van der Waals surface area contributed by atoms with Gasteiger partial charge >= 0.3 is 5.97 Å². The number of ether oxygens (including phenoxy) is 2. The van der Waals surface area contributed by atoms with E-state index in [2.05, 4.69) is 4.74 Å². The molecule has 2 aliphatic rings. The van der Waals surface area contributed by atoms with E-state index in [1.54, 1.807) is 0 Å². The van der Waals surface area contributed by atoms with E-state index in [1.807, 2.05) is 0 Å². The molecule has 2 saturated heterocycles. The van der Waals surface area contributed by atoms with Crippen LogP contribution < -0.4 is 4.90 Å². The van der Waals surface area contributed by atoms with E-state index in [-0.39, 0.29) is 24.3 Å². The summed E-state index contributed by atoms with van der Waals surface area (Å²) in [5.74, 6) is -1.59. The number of anilines is 1. The third-order valence-corrected chi connectivity index (χ3v) is 4.87. The second kappa shape index (κ2) is 7.87. The van der Waals surface area contributed by atoms with Crippen LogP contribution in [-0.2, 0) is 23.9 Å². The molecule has 2 aliphatic heterocycles. The van der Waals surface area contributed by atoms with Gasteiger partial charge < -0.3 is 14.4 Å². The third kappa shape index (κ3) is 3.85. The first kappa shape index (κ1) is 19.0. The van der Waals surface area contributed by atoms with Crippen LogP contribution >= 0.6 is 0 Å². The molecule has 0 aromatic heterocycles.